The molecule has 6 heteroatoms. The van der Waals surface area contributed by atoms with Crippen LogP contribution >= 0.6 is 0 Å². The summed E-state index contributed by atoms with van der Waals surface area (Å²) >= 11 is 0. The SMILES string of the molecule is Cc1ccc(N2CCN(C(=O)OCC(C)(C)CN3CCN(C)CC3)CC2)cc1. The van der Waals surface area contributed by atoms with E-state index in [-0.39, 0.29) is 11.5 Å². The number of hydrogen-bond donors (Lipinski definition) is 0. The first-order valence-electron chi connectivity index (χ1n) is 10.5. The number of anilines is 1. The molecule has 28 heavy (non-hydrogen) atoms. The van der Waals surface area contributed by atoms with Crippen LogP contribution in [0.1, 0.15) is 19.4 Å². The average molecular weight is 389 g/mol. The molecule has 0 bridgehead atoms. The molecule has 0 aromatic heterocycles. The number of benzene rings is 1. The third-order valence-corrected chi connectivity index (χ3v) is 5.77. The number of likely N-dealkylation sites (N-methyl/N-ethyl adjacent to an activating group) is 1. The largest absolute Gasteiger partial charge is 0.449 e. The molecule has 1 aromatic rings. The van der Waals surface area contributed by atoms with Crippen LogP contribution in [0.5, 0.6) is 0 Å². The van der Waals surface area contributed by atoms with Gasteiger partial charge in [-0.15, -0.1) is 0 Å². The summed E-state index contributed by atoms with van der Waals surface area (Å²) in [5.74, 6) is 0. The fourth-order valence-corrected chi connectivity index (χ4v) is 3.91. The van der Waals surface area contributed by atoms with Crippen LogP contribution in [0.3, 0.4) is 0 Å². The zero-order valence-corrected chi connectivity index (χ0v) is 18.0. The third kappa shape index (κ3) is 5.85. The van der Waals surface area contributed by atoms with Gasteiger partial charge >= 0.3 is 6.09 Å². The van der Waals surface area contributed by atoms with Gasteiger partial charge in [0.1, 0.15) is 0 Å². The Labute approximate surface area is 170 Å². The molecule has 0 saturated carbocycles. The summed E-state index contributed by atoms with van der Waals surface area (Å²) in [6.07, 6.45) is -0.171. The Bertz CT molecular complexity index is 630. The summed E-state index contributed by atoms with van der Waals surface area (Å²) in [6, 6.07) is 8.59. The van der Waals surface area contributed by atoms with Gasteiger partial charge in [-0.2, -0.15) is 0 Å². The molecular weight excluding hydrogens is 352 g/mol. The van der Waals surface area contributed by atoms with Crippen LogP contribution in [0, 0.1) is 12.3 Å². The summed E-state index contributed by atoms with van der Waals surface area (Å²) in [5.41, 5.74) is 2.46. The second-order valence-corrected chi connectivity index (χ2v) is 9.11. The predicted molar refractivity (Wildman–Crippen MR) is 114 cm³/mol. The molecule has 0 unspecified atom stereocenters. The van der Waals surface area contributed by atoms with Crippen LogP contribution in [0.2, 0.25) is 0 Å². The highest BCUT2D eigenvalue weighted by Gasteiger charge is 2.28. The topological polar surface area (TPSA) is 39.3 Å². The minimum atomic E-state index is -0.171. The average Bonchev–Trinajstić information content (AvgIpc) is 2.69. The van der Waals surface area contributed by atoms with E-state index in [0.29, 0.717) is 19.7 Å². The Hall–Kier alpha value is -1.79. The number of carbonyl (C=O) groups is 1. The first-order chi connectivity index (χ1) is 13.3. The lowest BCUT2D eigenvalue weighted by Crippen LogP contribution is -2.50. The van der Waals surface area contributed by atoms with Crippen LogP contribution in [0.25, 0.3) is 0 Å². The predicted octanol–water partition coefficient (Wildman–Crippen LogP) is 2.53. The smallest absolute Gasteiger partial charge is 0.409 e. The van der Waals surface area contributed by atoms with Gasteiger partial charge in [0.05, 0.1) is 6.61 Å². The summed E-state index contributed by atoms with van der Waals surface area (Å²) < 4.78 is 5.70. The van der Waals surface area contributed by atoms with Gasteiger partial charge in [-0.1, -0.05) is 31.5 Å². The maximum atomic E-state index is 12.5. The third-order valence-electron chi connectivity index (χ3n) is 5.77. The van der Waals surface area contributed by atoms with Gasteiger partial charge in [0.25, 0.3) is 0 Å². The first kappa shape index (κ1) is 20.9. The zero-order valence-electron chi connectivity index (χ0n) is 18.0. The lowest BCUT2D eigenvalue weighted by Gasteiger charge is -2.38. The molecule has 156 valence electrons. The minimum absolute atomic E-state index is 0.0324. The van der Waals surface area contributed by atoms with Gasteiger partial charge < -0.3 is 24.3 Å². The van der Waals surface area contributed by atoms with E-state index in [9.17, 15) is 4.79 Å². The molecule has 2 fully saturated rings. The van der Waals surface area contributed by atoms with Crippen LogP contribution in [0.4, 0.5) is 10.5 Å². The Morgan fingerprint density at radius 3 is 2.18 bits per heavy atom. The molecule has 0 N–H and O–H groups in total. The van der Waals surface area contributed by atoms with Gasteiger partial charge in [0, 0.05) is 70.0 Å². The van der Waals surface area contributed by atoms with Crippen molar-refractivity contribution in [1.82, 2.24) is 14.7 Å². The summed E-state index contributed by atoms with van der Waals surface area (Å²) in [4.78, 5) is 21.6. The second-order valence-electron chi connectivity index (χ2n) is 9.11. The van der Waals surface area contributed by atoms with Crippen molar-refractivity contribution in [2.24, 2.45) is 5.41 Å². The van der Waals surface area contributed by atoms with E-state index in [2.05, 4.69) is 66.8 Å². The molecule has 2 heterocycles. The number of rotatable bonds is 5. The fraction of sp³-hybridized carbons (Fsp3) is 0.682. The molecule has 2 aliphatic rings. The van der Waals surface area contributed by atoms with E-state index in [4.69, 9.17) is 4.74 Å². The van der Waals surface area contributed by atoms with Crippen LogP contribution in [-0.2, 0) is 4.74 Å². The number of carbonyl (C=O) groups excluding carboxylic acids is 1. The number of hydrogen-bond acceptors (Lipinski definition) is 5. The number of amides is 1. The highest BCUT2D eigenvalue weighted by atomic mass is 16.6. The quantitative estimate of drug-likeness (QED) is 0.775. The molecule has 1 amide bonds. The van der Waals surface area contributed by atoms with Crippen molar-refractivity contribution in [3.63, 3.8) is 0 Å². The Morgan fingerprint density at radius 2 is 1.57 bits per heavy atom. The van der Waals surface area contributed by atoms with Gasteiger partial charge in [0.2, 0.25) is 0 Å². The molecule has 0 atom stereocenters. The van der Waals surface area contributed by atoms with Crippen molar-refractivity contribution in [2.75, 3.05) is 77.5 Å². The normalized spacial score (nSPS) is 19.7. The molecule has 3 rings (SSSR count). The summed E-state index contributed by atoms with van der Waals surface area (Å²) in [6.45, 7) is 15.4. The van der Waals surface area contributed by atoms with Crippen LogP contribution in [0.15, 0.2) is 24.3 Å². The fourth-order valence-electron chi connectivity index (χ4n) is 3.91. The van der Waals surface area contributed by atoms with Gasteiger partial charge in [0.15, 0.2) is 0 Å². The van der Waals surface area contributed by atoms with Gasteiger partial charge in [-0.05, 0) is 26.1 Å². The summed E-state index contributed by atoms with van der Waals surface area (Å²) in [7, 11) is 2.17. The highest BCUT2D eigenvalue weighted by Crippen LogP contribution is 2.20. The van der Waals surface area contributed by atoms with E-state index in [0.717, 1.165) is 45.8 Å². The molecule has 2 saturated heterocycles. The van der Waals surface area contributed by atoms with Gasteiger partial charge in [-0.25, -0.2) is 4.79 Å². The number of nitrogens with zero attached hydrogens (tertiary/aromatic N) is 4. The standard InChI is InChI=1S/C22H36N4O2/c1-19-5-7-20(8-6-19)25-13-15-26(16-14-25)21(27)28-18-22(2,3)17-24-11-9-23(4)10-12-24/h5-8H,9-18H2,1-4H3. The Balaban J connectivity index is 1.40. The van der Waals surface area contributed by atoms with E-state index < -0.39 is 0 Å². The van der Waals surface area contributed by atoms with Crippen molar-refractivity contribution in [2.45, 2.75) is 20.8 Å². The van der Waals surface area contributed by atoms with E-state index in [1.807, 2.05) is 4.90 Å². The maximum Gasteiger partial charge on any atom is 0.409 e. The molecular formula is C22H36N4O2. The molecule has 6 nitrogen and oxygen atoms in total. The second kappa shape index (κ2) is 9.14. The van der Waals surface area contributed by atoms with Crippen molar-refractivity contribution in [3.05, 3.63) is 29.8 Å². The van der Waals surface area contributed by atoms with Crippen molar-refractivity contribution in [3.8, 4) is 0 Å². The van der Waals surface area contributed by atoms with Gasteiger partial charge in [-0.3, -0.25) is 0 Å². The number of aryl methyl sites for hydroxylation is 1. The monoisotopic (exact) mass is 388 g/mol. The van der Waals surface area contributed by atoms with Crippen molar-refractivity contribution in [1.29, 1.82) is 0 Å². The molecule has 2 aliphatic heterocycles. The molecule has 0 radical (unpaired) electrons. The summed E-state index contributed by atoms with van der Waals surface area (Å²) in [5, 5.41) is 0. The first-order valence-corrected chi connectivity index (χ1v) is 10.5. The van der Waals surface area contributed by atoms with E-state index in [1.54, 1.807) is 0 Å². The van der Waals surface area contributed by atoms with Crippen molar-refractivity contribution >= 4 is 11.8 Å². The zero-order chi connectivity index (χ0) is 20.1. The molecule has 0 spiro atoms. The molecule has 1 aromatic carbocycles. The minimum Gasteiger partial charge on any atom is -0.449 e. The number of ether oxygens (including phenoxy) is 1. The van der Waals surface area contributed by atoms with E-state index >= 15 is 0 Å². The van der Waals surface area contributed by atoms with Crippen LogP contribution < -0.4 is 4.90 Å². The number of piperazine rings is 2. The van der Waals surface area contributed by atoms with Crippen LogP contribution in [-0.4, -0.2) is 93.4 Å². The Kier molecular flexibility index (Phi) is 6.83. The Morgan fingerprint density at radius 1 is 0.964 bits per heavy atom. The maximum absolute atomic E-state index is 12.5. The van der Waals surface area contributed by atoms with Crippen molar-refractivity contribution < 1.29 is 9.53 Å². The lowest BCUT2D eigenvalue weighted by atomic mass is 9.93. The van der Waals surface area contributed by atoms with E-state index in [1.165, 1.54) is 11.3 Å². The molecule has 0 aliphatic carbocycles. The highest BCUT2D eigenvalue weighted by molar-refractivity contribution is 5.68. The lowest BCUT2D eigenvalue weighted by molar-refractivity contribution is 0.0397.